The standard InChI is InChI=1S/C11H12N4O/c1-7-4-5-15-9(6-7)12-11(14-15)13-10(16)8-2-3-8/h4-6,8H,2-3H2,1H3,(H,13,14,16). The lowest BCUT2D eigenvalue weighted by Crippen LogP contribution is -2.14. The summed E-state index contributed by atoms with van der Waals surface area (Å²) in [6.07, 6.45) is 3.81. The van der Waals surface area contributed by atoms with Crippen LogP contribution in [0.3, 0.4) is 0 Å². The molecular formula is C11H12N4O. The fourth-order valence-electron chi connectivity index (χ4n) is 1.59. The van der Waals surface area contributed by atoms with Gasteiger partial charge in [0, 0.05) is 12.1 Å². The fraction of sp³-hybridized carbons (Fsp3) is 0.364. The second-order valence-electron chi connectivity index (χ2n) is 4.21. The molecule has 3 rings (SSSR count). The van der Waals surface area contributed by atoms with E-state index in [4.69, 9.17) is 0 Å². The third-order valence-electron chi connectivity index (χ3n) is 2.68. The summed E-state index contributed by atoms with van der Waals surface area (Å²) in [4.78, 5) is 15.8. The minimum atomic E-state index is 0.0348. The first kappa shape index (κ1) is 9.33. The zero-order chi connectivity index (χ0) is 11.1. The Morgan fingerprint density at radius 1 is 1.56 bits per heavy atom. The summed E-state index contributed by atoms with van der Waals surface area (Å²) in [6, 6.07) is 3.88. The zero-order valence-corrected chi connectivity index (χ0v) is 8.97. The molecule has 0 aliphatic heterocycles. The molecule has 0 atom stereocenters. The zero-order valence-electron chi connectivity index (χ0n) is 8.97. The van der Waals surface area contributed by atoms with Gasteiger partial charge in [-0.05, 0) is 37.5 Å². The van der Waals surface area contributed by atoms with Crippen LogP contribution in [0.25, 0.3) is 5.65 Å². The molecule has 1 saturated carbocycles. The molecule has 1 amide bonds. The molecule has 0 unspecified atom stereocenters. The Balaban J connectivity index is 1.89. The van der Waals surface area contributed by atoms with Gasteiger partial charge >= 0.3 is 0 Å². The van der Waals surface area contributed by atoms with Crippen molar-refractivity contribution in [1.82, 2.24) is 14.6 Å². The first-order valence-corrected chi connectivity index (χ1v) is 5.36. The van der Waals surface area contributed by atoms with Gasteiger partial charge in [-0.3, -0.25) is 10.1 Å². The molecular weight excluding hydrogens is 204 g/mol. The molecule has 1 aliphatic rings. The minimum Gasteiger partial charge on any atom is -0.293 e. The molecule has 1 N–H and O–H groups in total. The number of fused-ring (bicyclic) bond motifs is 1. The van der Waals surface area contributed by atoms with Crippen molar-refractivity contribution in [3.8, 4) is 0 Å². The largest absolute Gasteiger partial charge is 0.293 e. The fourth-order valence-corrected chi connectivity index (χ4v) is 1.59. The number of nitrogens with one attached hydrogen (secondary N) is 1. The van der Waals surface area contributed by atoms with Crippen molar-refractivity contribution in [3.05, 3.63) is 23.9 Å². The summed E-state index contributed by atoms with van der Waals surface area (Å²) in [6.45, 7) is 2.00. The highest BCUT2D eigenvalue weighted by Gasteiger charge is 2.30. The van der Waals surface area contributed by atoms with E-state index < -0.39 is 0 Å². The maximum atomic E-state index is 11.5. The van der Waals surface area contributed by atoms with Crippen molar-refractivity contribution in [3.63, 3.8) is 0 Å². The Kier molecular flexibility index (Phi) is 1.92. The van der Waals surface area contributed by atoms with Crippen LogP contribution in [0.15, 0.2) is 18.3 Å². The molecule has 82 valence electrons. The van der Waals surface area contributed by atoms with Crippen LogP contribution in [0.4, 0.5) is 5.95 Å². The van der Waals surface area contributed by atoms with E-state index in [0.717, 1.165) is 24.1 Å². The Morgan fingerprint density at radius 3 is 3.12 bits per heavy atom. The number of aryl methyl sites for hydroxylation is 1. The van der Waals surface area contributed by atoms with Crippen LogP contribution in [0.2, 0.25) is 0 Å². The second kappa shape index (κ2) is 3.30. The van der Waals surface area contributed by atoms with Crippen molar-refractivity contribution < 1.29 is 4.79 Å². The van der Waals surface area contributed by atoms with Gasteiger partial charge < -0.3 is 0 Å². The molecule has 1 aliphatic carbocycles. The first-order chi connectivity index (χ1) is 7.72. The topological polar surface area (TPSA) is 59.3 Å². The van der Waals surface area contributed by atoms with Gasteiger partial charge in [-0.1, -0.05) is 0 Å². The van der Waals surface area contributed by atoms with Crippen molar-refractivity contribution in [2.75, 3.05) is 5.32 Å². The number of hydrogen-bond donors (Lipinski definition) is 1. The number of rotatable bonds is 2. The van der Waals surface area contributed by atoms with E-state index in [1.165, 1.54) is 0 Å². The Morgan fingerprint density at radius 2 is 2.38 bits per heavy atom. The van der Waals surface area contributed by atoms with E-state index in [9.17, 15) is 4.79 Å². The third kappa shape index (κ3) is 1.64. The Hall–Kier alpha value is -1.91. The smallest absolute Gasteiger partial charge is 0.249 e. The van der Waals surface area contributed by atoms with Crippen LogP contribution in [-0.2, 0) is 4.79 Å². The molecule has 0 radical (unpaired) electrons. The maximum Gasteiger partial charge on any atom is 0.249 e. The molecule has 5 heteroatoms. The monoisotopic (exact) mass is 216 g/mol. The van der Waals surface area contributed by atoms with Crippen molar-refractivity contribution >= 4 is 17.5 Å². The van der Waals surface area contributed by atoms with Crippen LogP contribution in [0, 0.1) is 12.8 Å². The van der Waals surface area contributed by atoms with E-state index in [-0.39, 0.29) is 11.8 Å². The number of pyridine rings is 1. The highest BCUT2D eigenvalue weighted by molar-refractivity contribution is 5.92. The number of hydrogen-bond acceptors (Lipinski definition) is 3. The van der Waals surface area contributed by atoms with Gasteiger partial charge in [0.25, 0.3) is 0 Å². The number of carbonyl (C=O) groups excluding carboxylic acids is 1. The van der Waals surface area contributed by atoms with Crippen LogP contribution in [0.1, 0.15) is 18.4 Å². The van der Waals surface area contributed by atoms with Gasteiger partial charge in [-0.15, -0.1) is 5.10 Å². The molecule has 2 heterocycles. The predicted molar refractivity (Wildman–Crippen MR) is 59.1 cm³/mol. The predicted octanol–water partition coefficient (Wildman–Crippen LogP) is 1.39. The highest BCUT2D eigenvalue weighted by Crippen LogP contribution is 2.29. The van der Waals surface area contributed by atoms with E-state index in [0.29, 0.717) is 5.95 Å². The first-order valence-electron chi connectivity index (χ1n) is 5.36. The lowest BCUT2D eigenvalue weighted by Gasteiger charge is -1.95. The Labute approximate surface area is 92.5 Å². The molecule has 0 saturated heterocycles. The summed E-state index contributed by atoms with van der Waals surface area (Å²) in [5.41, 5.74) is 1.88. The van der Waals surface area contributed by atoms with E-state index in [1.54, 1.807) is 4.52 Å². The third-order valence-corrected chi connectivity index (χ3v) is 2.68. The lowest BCUT2D eigenvalue weighted by atomic mass is 10.3. The second-order valence-corrected chi connectivity index (χ2v) is 4.21. The molecule has 1 fully saturated rings. The van der Waals surface area contributed by atoms with Crippen molar-refractivity contribution in [2.24, 2.45) is 5.92 Å². The van der Waals surface area contributed by atoms with Gasteiger partial charge in [-0.2, -0.15) is 4.98 Å². The molecule has 2 aromatic heterocycles. The van der Waals surface area contributed by atoms with Gasteiger partial charge in [-0.25, -0.2) is 4.52 Å². The average Bonchev–Trinajstić information content (AvgIpc) is 3.00. The molecule has 0 spiro atoms. The average molecular weight is 216 g/mol. The van der Waals surface area contributed by atoms with Crippen LogP contribution < -0.4 is 5.32 Å². The number of aromatic nitrogens is 3. The Bertz CT molecular complexity index is 556. The summed E-state index contributed by atoms with van der Waals surface area (Å²) in [5.74, 6) is 0.600. The van der Waals surface area contributed by atoms with E-state index >= 15 is 0 Å². The summed E-state index contributed by atoms with van der Waals surface area (Å²) >= 11 is 0. The molecule has 0 bridgehead atoms. The molecule has 0 aromatic carbocycles. The van der Waals surface area contributed by atoms with Gasteiger partial charge in [0.2, 0.25) is 11.9 Å². The SMILES string of the molecule is Cc1ccn2nc(NC(=O)C3CC3)nc2c1. The van der Waals surface area contributed by atoms with Crippen LogP contribution in [0.5, 0.6) is 0 Å². The summed E-state index contributed by atoms with van der Waals surface area (Å²) < 4.78 is 1.66. The van der Waals surface area contributed by atoms with Gasteiger partial charge in [0.05, 0.1) is 0 Å². The van der Waals surface area contributed by atoms with Gasteiger partial charge in [0.15, 0.2) is 5.65 Å². The summed E-state index contributed by atoms with van der Waals surface area (Å²) in [7, 11) is 0. The number of anilines is 1. The minimum absolute atomic E-state index is 0.0348. The summed E-state index contributed by atoms with van der Waals surface area (Å²) in [5, 5.41) is 6.91. The number of nitrogens with zero attached hydrogens (tertiary/aromatic N) is 3. The van der Waals surface area contributed by atoms with Crippen molar-refractivity contribution in [2.45, 2.75) is 19.8 Å². The lowest BCUT2D eigenvalue weighted by molar-refractivity contribution is -0.117. The normalized spacial score (nSPS) is 15.3. The molecule has 16 heavy (non-hydrogen) atoms. The van der Waals surface area contributed by atoms with E-state index in [2.05, 4.69) is 15.4 Å². The van der Waals surface area contributed by atoms with Gasteiger partial charge in [0.1, 0.15) is 0 Å². The molecule has 5 nitrogen and oxygen atoms in total. The van der Waals surface area contributed by atoms with E-state index in [1.807, 2.05) is 25.3 Å². The maximum absolute atomic E-state index is 11.5. The number of amides is 1. The molecule has 2 aromatic rings. The quantitative estimate of drug-likeness (QED) is 0.825. The van der Waals surface area contributed by atoms with Crippen LogP contribution >= 0.6 is 0 Å². The number of carbonyl (C=O) groups is 1. The highest BCUT2D eigenvalue weighted by atomic mass is 16.2. The van der Waals surface area contributed by atoms with Crippen molar-refractivity contribution in [1.29, 1.82) is 0 Å². The van der Waals surface area contributed by atoms with Crippen LogP contribution in [-0.4, -0.2) is 20.5 Å².